The van der Waals surface area contributed by atoms with Gasteiger partial charge in [-0.25, -0.2) is 0 Å². The lowest BCUT2D eigenvalue weighted by Crippen LogP contribution is -2.13. The summed E-state index contributed by atoms with van der Waals surface area (Å²) in [5, 5.41) is 13.7. The minimum Gasteiger partial charge on any atom is -0.455 e. The van der Waals surface area contributed by atoms with Crippen molar-refractivity contribution < 1.29 is 4.42 Å². The number of hydrogen-bond acceptors (Lipinski definition) is 3. The minimum absolute atomic E-state index is 0.874. The quantitative estimate of drug-likeness (QED) is 0.171. The molecule has 0 N–H and O–H groups in total. The van der Waals surface area contributed by atoms with Gasteiger partial charge in [0.1, 0.15) is 11.2 Å². The van der Waals surface area contributed by atoms with E-state index >= 15 is 0 Å². The van der Waals surface area contributed by atoms with Gasteiger partial charge in [0.25, 0.3) is 0 Å². The van der Waals surface area contributed by atoms with E-state index in [-0.39, 0.29) is 0 Å². The molecule has 13 aromatic carbocycles. The first-order chi connectivity index (χ1) is 37.2. The summed E-state index contributed by atoms with van der Waals surface area (Å²) in [5.41, 5.74) is 15.3. The van der Waals surface area contributed by atoms with E-state index in [0.29, 0.717) is 0 Å². The molecule has 0 aliphatic carbocycles. The first-order valence-corrected chi connectivity index (χ1v) is 25.7. The number of anilines is 6. The molecule has 0 bridgehead atoms. The van der Waals surface area contributed by atoms with E-state index in [1.165, 1.54) is 43.8 Å². The summed E-state index contributed by atoms with van der Waals surface area (Å²) in [6.07, 6.45) is 0. The molecule has 1 aromatic heterocycles. The highest BCUT2D eigenvalue weighted by atomic mass is 16.3. The average Bonchev–Trinajstić information content (AvgIpc) is 3.85. The predicted octanol–water partition coefficient (Wildman–Crippen LogP) is 20.7. The lowest BCUT2D eigenvalue weighted by atomic mass is 9.93. The van der Waals surface area contributed by atoms with Gasteiger partial charge < -0.3 is 14.2 Å². The van der Waals surface area contributed by atoms with Crippen molar-refractivity contribution in [2.45, 2.75) is 0 Å². The standard InChI is InChI=1S/C72H46N2O/c1-3-19-47(20-4-1)48-35-37-50(38-36-48)73(52-40-44-69-67(46-52)59-29-12-11-27-57(59)61-30-15-17-33-68(61)74(69)49-21-5-2-6-22-49)51-39-41-60-56-26-10-8-24-54(56)53-23-7-9-25-55(53)58-28-13-14-32-63(58)71-64(66(60)45-51)42-43-65-62-31-16-18-34-70(62)75-72(65)71/h1-46H. The number of nitrogens with zero attached hydrogens (tertiary/aromatic N) is 2. The molecule has 0 atom stereocenters. The summed E-state index contributed by atoms with van der Waals surface area (Å²) >= 11 is 0. The van der Waals surface area contributed by atoms with Crippen LogP contribution in [0.5, 0.6) is 0 Å². The van der Waals surface area contributed by atoms with Crippen LogP contribution in [0, 0.1) is 0 Å². The van der Waals surface area contributed by atoms with Gasteiger partial charge in [-0.15, -0.1) is 0 Å². The molecule has 0 fully saturated rings. The van der Waals surface area contributed by atoms with E-state index in [4.69, 9.17) is 4.42 Å². The van der Waals surface area contributed by atoms with Crippen LogP contribution in [0.1, 0.15) is 0 Å². The van der Waals surface area contributed by atoms with E-state index in [1.807, 2.05) is 0 Å². The number of fused-ring (bicyclic) bond motifs is 19. The van der Waals surface area contributed by atoms with Crippen LogP contribution in [0.15, 0.2) is 283 Å². The Balaban J connectivity index is 1.07. The van der Waals surface area contributed by atoms with Gasteiger partial charge in [-0.2, -0.15) is 0 Å². The molecule has 350 valence electrons. The van der Waals surface area contributed by atoms with Crippen LogP contribution in [0.3, 0.4) is 0 Å². The number of benzene rings is 12. The van der Waals surface area contributed by atoms with Gasteiger partial charge in [0.2, 0.25) is 0 Å². The monoisotopic (exact) mass is 954 g/mol. The van der Waals surface area contributed by atoms with Gasteiger partial charge in [-0.1, -0.05) is 206 Å². The van der Waals surface area contributed by atoms with E-state index < -0.39 is 0 Å². The van der Waals surface area contributed by atoms with Crippen molar-refractivity contribution >= 4 is 110 Å². The Labute approximate surface area is 434 Å². The summed E-state index contributed by atoms with van der Waals surface area (Å²) < 4.78 is 7.05. The van der Waals surface area contributed by atoms with Crippen molar-refractivity contribution in [1.29, 1.82) is 0 Å². The Morgan fingerprint density at radius 1 is 0.267 bits per heavy atom. The van der Waals surface area contributed by atoms with E-state index in [2.05, 4.69) is 289 Å². The second-order valence-corrected chi connectivity index (χ2v) is 19.5. The van der Waals surface area contributed by atoms with Crippen LogP contribution < -0.4 is 9.80 Å². The fourth-order valence-corrected chi connectivity index (χ4v) is 12.0. The Morgan fingerprint density at radius 3 is 1.40 bits per heavy atom. The van der Waals surface area contributed by atoms with Crippen molar-refractivity contribution in [3.63, 3.8) is 0 Å². The third-order valence-electron chi connectivity index (χ3n) is 15.4. The highest BCUT2D eigenvalue weighted by Crippen LogP contribution is 2.53. The summed E-state index contributed by atoms with van der Waals surface area (Å²) in [6.45, 7) is 0. The fraction of sp³-hybridized carbons (Fsp3) is 0. The molecule has 0 radical (unpaired) electrons. The maximum Gasteiger partial charge on any atom is 0.143 e. The molecule has 1 aliphatic heterocycles. The zero-order valence-corrected chi connectivity index (χ0v) is 40.9. The fourth-order valence-electron chi connectivity index (χ4n) is 12.0. The van der Waals surface area contributed by atoms with Crippen LogP contribution >= 0.6 is 0 Å². The van der Waals surface area contributed by atoms with Gasteiger partial charge in [0.05, 0.1) is 11.4 Å². The molecular weight excluding hydrogens is 909 g/mol. The Kier molecular flexibility index (Phi) is 9.89. The van der Waals surface area contributed by atoms with Crippen LogP contribution in [-0.2, 0) is 0 Å². The molecule has 2 heterocycles. The molecule has 0 spiro atoms. The molecule has 14 aromatic rings. The minimum atomic E-state index is 0.874. The normalized spacial score (nSPS) is 12.0. The lowest BCUT2D eigenvalue weighted by molar-refractivity contribution is 0.673. The maximum atomic E-state index is 7.05. The molecule has 1 aliphatic rings. The van der Waals surface area contributed by atoms with Crippen molar-refractivity contribution in [3.8, 4) is 33.4 Å². The highest BCUT2D eigenvalue weighted by molar-refractivity contribution is 6.31. The van der Waals surface area contributed by atoms with Crippen molar-refractivity contribution in [2.24, 2.45) is 0 Å². The largest absolute Gasteiger partial charge is 0.455 e. The SMILES string of the molecule is c1ccc(-c2ccc(N(c3ccc4c(c3)-c3ccccc3-c3ccccc3N4c3ccccc3)c3ccc4c5ccccc5c5ccccc5c5ccccc5c5c(ccc6c7ccccc7oc65)c4c3)cc2)cc1. The van der Waals surface area contributed by atoms with Gasteiger partial charge in [-0.3, -0.25) is 0 Å². The highest BCUT2D eigenvalue weighted by Gasteiger charge is 2.27. The first-order valence-electron chi connectivity index (χ1n) is 25.7. The lowest BCUT2D eigenvalue weighted by Gasteiger charge is -2.30. The van der Waals surface area contributed by atoms with E-state index in [0.717, 1.165) is 99.5 Å². The van der Waals surface area contributed by atoms with Crippen molar-refractivity contribution in [3.05, 3.63) is 279 Å². The molecular formula is C72H46N2O. The molecule has 0 amide bonds. The number of para-hydroxylation sites is 3. The van der Waals surface area contributed by atoms with Gasteiger partial charge in [-0.05, 0) is 144 Å². The van der Waals surface area contributed by atoms with Crippen molar-refractivity contribution in [2.75, 3.05) is 9.80 Å². The molecule has 0 saturated carbocycles. The first kappa shape index (κ1) is 42.7. The smallest absolute Gasteiger partial charge is 0.143 e. The third kappa shape index (κ3) is 6.90. The van der Waals surface area contributed by atoms with Crippen LogP contribution in [0.2, 0.25) is 0 Å². The van der Waals surface area contributed by atoms with Gasteiger partial charge >= 0.3 is 0 Å². The summed E-state index contributed by atoms with van der Waals surface area (Å²) in [6, 6.07) is 102. The zero-order valence-electron chi connectivity index (χ0n) is 40.9. The summed E-state index contributed by atoms with van der Waals surface area (Å²) in [7, 11) is 0. The zero-order chi connectivity index (χ0) is 49.4. The molecule has 0 unspecified atom stereocenters. The van der Waals surface area contributed by atoms with Crippen LogP contribution in [0.25, 0.3) is 109 Å². The number of rotatable bonds is 5. The van der Waals surface area contributed by atoms with E-state index in [1.54, 1.807) is 0 Å². The Morgan fingerprint density at radius 2 is 0.707 bits per heavy atom. The van der Waals surface area contributed by atoms with Crippen molar-refractivity contribution in [1.82, 2.24) is 0 Å². The maximum absolute atomic E-state index is 7.05. The van der Waals surface area contributed by atoms with Gasteiger partial charge in [0.15, 0.2) is 0 Å². The molecule has 15 rings (SSSR count). The van der Waals surface area contributed by atoms with Crippen LogP contribution in [-0.4, -0.2) is 0 Å². The van der Waals surface area contributed by atoms with Gasteiger partial charge in [0, 0.05) is 50.0 Å². The second-order valence-electron chi connectivity index (χ2n) is 19.5. The topological polar surface area (TPSA) is 19.6 Å². The summed E-state index contributed by atoms with van der Waals surface area (Å²) in [4.78, 5) is 4.86. The molecule has 3 nitrogen and oxygen atoms in total. The Bertz CT molecular complexity index is 4650. The Hall–Kier alpha value is -9.96. The average molecular weight is 955 g/mol. The molecule has 75 heavy (non-hydrogen) atoms. The van der Waals surface area contributed by atoms with E-state index in [9.17, 15) is 0 Å². The summed E-state index contributed by atoms with van der Waals surface area (Å²) in [5.74, 6) is 0. The van der Waals surface area contributed by atoms with Crippen LogP contribution in [0.4, 0.5) is 34.1 Å². The predicted molar refractivity (Wildman–Crippen MR) is 318 cm³/mol. The number of furan rings is 1. The number of hydrogen-bond donors (Lipinski definition) is 0. The molecule has 0 saturated heterocycles. The second kappa shape index (κ2) is 17.4. The third-order valence-corrected chi connectivity index (χ3v) is 15.4. The molecule has 3 heteroatoms.